The molecular weight excluding hydrogens is 502 g/mol. The highest BCUT2D eigenvalue weighted by atomic mass is 79.9. The first-order chi connectivity index (χ1) is 15.9. The molecule has 0 aromatic carbocycles. The van der Waals surface area contributed by atoms with Crippen LogP contribution in [0.3, 0.4) is 0 Å². The smallest absolute Gasteiger partial charge is 0.416 e. The number of hydrogen-bond donors (Lipinski definition) is 2. The van der Waals surface area contributed by atoms with Crippen LogP contribution in [0.5, 0.6) is 0 Å². The van der Waals surface area contributed by atoms with Crippen LogP contribution in [0, 0.1) is 11.8 Å². The van der Waals surface area contributed by atoms with E-state index >= 15 is 0 Å². The van der Waals surface area contributed by atoms with Crippen LogP contribution in [0.15, 0.2) is 16.7 Å². The lowest BCUT2D eigenvalue weighted by Crippen LogP contribution is -2.44. The number of fused-ring (bicyclic) bond motifs is 1. The van der Waals surface area contributed by atoms with Gasteiger partial charge in [0.25, 0.3) is 0 Å². The van der Waals surface area contributed by atoms with Crippen molar-refractivity contribution >= 4 is 39.3 Å². The first-order valence-electron chi connectivity index (χ1n) is 12.0. The minimum Gasteiger partial charge on any atom is -0.443 e. The number of ether oxygens (including phenoxy) is 2. The summed E-state index contributed by atoms with van der Waals surface area (Å²) in [5, 5.41) is 18.7. The molecule has 2 aromatic rings. The summed E-state index contributed by atoms with van der Waals surface area (Å²) < 4.78 is 13.7. The monoisotopic (exact) mass is 537 g/mol. The SMILES string of the molecule is CC(C)(C)OC(=O)N(CC1CCOCC1)c1cc(NC(C2CC2)C(C)(C)O)nc2c(Br)cnn12. The first kappa shape index (κ1) is 25.2. The zero-order valence-electron chi connectivity index (χ0n) is 20.7. The van der Waals surface area contributed by atoms with Crippen LogP contribution in [-0.4, -0.2) is 62.8 Å². The van der Waals surface area contributed by atoms with Gasteiger partial charge in [0.2, 0.25) is 0 Å². The fraction of sp³-hybridized carbons (Fsp3) is 0.708. The Bertz CT molecular complexity index is 1020. The topological polar surface area (TPSA) is 101 Å². The number of nitrogens with one attached hydrogen (secondary N) is 1. The molecule has 0 bridgehead atoms. The molecule has 9 nitrogen and oxygen atoms in total. The summed E-state index contributed by atoms with van der Waals surface area (Å²) in [4.78, 5) is 19.9. The summed E-state index contributed by atoms with van der Waals surface area (Å²) in [6.45, 7) is 11.1. The van der Waals surface area contributed by atoms with Gasteiger partial charge in [0.15, 0.2) is 5.65 Å². The van der Waals surface area contributed by atoms with E-state index in [1.165, 1.54) is 0 Å². The van der Waals surface area contributed by atoms with Crippen molar-refractivity contribution < 1.29 is 19.4 Å². The molecule has 34 heavy (non-hydrogen) atoms. The Morgan fingerprint density at radius 3 is 2.56 bits per heavy atom. The maximum Gasteiger partial charge on any atom is 0.416 e. The Hall–Kier alpha value is -1.91. The third-order valence-electron chi connectivity index (χ3n) is 6.24. The molecule has 0 radical (unpaired) electrons. The van der Waals surface area contributed by atoms with E-state index in [4.69, 9.17) is 14.5 Å². The van der Waals surface area contributed by atoms with E-state index in [2.05, 4.69) is 26.3 Å². The maximum atomic E-state index is 13.4. The van der Waals surface area contributed by atoms with Gasteiger partial charge in [0, 0.05) is 25.8 Å². The van der Waals surface area contributed by atoms with Crippen molar-refractivity contribution in [2.24, 2.45) is 11.8 Å². The van der Waals surface area contributed by atoms with Gasteiger partial charge in [-0.2, -0.15) is 9.61 Å². The molecule has 2 fully saturated rings. The lowest BCUT2D eigenvalue weighted by molar-refractivity contribution is 0.0507. The van der Waals surface area contributed by atoms with Crippen LogP contribution in [-0.2, 0) is 9.47 Å². The van der Waals surface area contributed by atoms with Crippen LogP contribution in [0.1, 0.15) is 60.3 Å². The fourth-order valence-corrected chi connectivity index (χ4v) is 4.76. The Balaban J connectivity index is 1.75. The molecule has 1 saturated carbocycles. The summed E-state index contributed by atoms with van der Waals surface area (Å²) >= 11 is 3.54. The molecule has 1 atom stereocenters. The van der Waals surface area contributed by atoms with Gasteiger partial charge in [0.05, 0.1) is 22.3 Å². The number of hydrogen-bond acceptors (Lipinski definition) is 7. The molecule has 1 aliphatic heterocycles. The number of carbonyl (C=O) groups is 1. The minimum absolute atomic E-state index is 0.150. The molecule has 1 saturated heterocycles. The number of aromatic nitrogens is 3. The second-order valence-electron chi connectivity index (χ2n) is 11.0. The maximum absolute atomic E-state index is 13.4. The lowest BCUT2D eigenvalue weighted by atomic mass is 9.94. The highest BCUT2D eigenvalue weighted by Gasteiger charge is 2.40. The normalized spacial score (nSPS) is 18.7. The molecule has 1 aliphatic carbocycles. The third kappa shape index (κ3) is 6.01. The molecule has 10 heteroatoms. The second-order valence-corrected chi connectivity index (χ2v) is 11.8. The zero-order chi connectivity index (χ0) is 24.7. The van der Waals surface area contributed by atoms with Gasteiger partial charge in [-0.15, -0.1) is 0 Å². The fourth-order valence-electron chi connectivity index (χ4n) is 4.41. The van der Waals surface area contributed by atoms with Crippen molar-refractivity contribution in [1.82, 2.24) is 14.6 Å². The molecule has 188 valence electrons. The molecule has 1 amide bonds. The molecule has 0 spiro atoms. The van der Waals surface area contributed by atoms with E-state index in [-0.39, 0.29) is 12.0 Å². The second kappa shape index (κ2) is 9.62. The van der Waals surface area contributed by atoms with Gasteiger partial charge >= 0.3 is 6.09 Å². The predicted molar refractivity (Wildman–Crippen MR) is 134 cm³/mol. The average molecular weight is 538 g/mol. The van der Waals surface area contributed by atoms with Crippen LogP contribution >= 0.6 is 15.9 Å². The Labute approximate surface area is 209 Å². The summed E-state index contributed by atoms with van der Waals surface area (Å²) in [6, 6.07) is 1.68. The predicted octanol–water partition coefficient (Wildman–Crippen LogP) is 4.62. The molecule has 1 unspecified atom stereocenters. The molecule has 2 N–H and O–H groups in total. The molecule has 4 rings (SSSR count). The average Bonchev–Trinajstić information content (AvgIpc) is 3.51. The van der Waals surface area contributed by atoms with E-state index in [1.54, 1.807) is 15.6 Å². The minimum atomic E-state index is -0.917. The summed E-state index contributed by atoms with van der Waals surface area (Å²) in [6.07, 6.45) is 5.15. The largest absolute Gasteiger partial charge is 0.443 e. The van der Waals surface area contributed by atoms with Crippen molar-refractivity contribution in [2.45, 2.75) is 77.5 Å². The Kier molecular flexibility index (Phi) is 7.13. The highest BCUT2D eigenvalue weighted by molar-refractivity contribution is 9.10. The highest BCUT2D eigenvalue weighted by Crippen LogP contribution is 2.39. The quantitative estimate of drug-likeness (QED) is 0.531. The Morgan fingerprint density at radius 1 is 1.29 bits per heavy atom. The van der Waals surface area contributed by atoms with Gasteiger partial charge < -0.3 is 19.9 Å². The summed E-state index contributed by atoms with van der Waals surface area (Å²) in [5.41, 5.74) is -0.966. The Morgan fingerprint density at radius 2 is 1.97 bits per heavy atom. The summed E-state index contributed by atoms with van der Waals surface area (Å²) in [5.74, 6) is 1.84. The van der Waals surface area contributed by atoms with Crippen LogP contribution in [0.2, 0.25) is 0 Å². The van der Waals surface area contributed by atoms with Crippen molar-refractivity contribution in [2.75, 3.05) is 30.0 Å². The lowest BCUT2D eigenvalue weighted by Gasteiger charge is -2.33. The van der Waals surface area contributed by atoms with E-state index in [9.17, 15) is 9.90 Å². The van der Waals surface area contributed by atoms with Crippen LogP contribution < -0.4 is 10.2 Å². The van der Waals surface area contributed by atoms with Gasteiger partial charge in [-0.1, -0.05) is 0 Å². The number of carbonyl (C=O) groups excluding carboxylic acids is 1. The molecule has 2 aliphatic rings. The van der Waals surface area contributed by atoms with Gasteiger partial charge in [-0.25, -0.2) is 9.78 Å². The number of halogens is 1. The number of aliphatic hydroxyl groups is 1. The van der Waals surface area contributed by atoms with E-state index < -0.39 is 17.3 Å². The van der Waals surface area contributed by atoms with E-state index in [1.807, 2.05) is 40.7 Å². The third-order valence-corrected chi connectivity index (χ3v) is 6.80. The number of nitrogens with zero attached hydrogens (tertiary/aromatic N) is 4. The molecular formula is C24H36BrN5O4. The van der Waals surface area contributed by atoms with Crippen molar-refractivity contribution in [1.29, 1.82) is 0 Å². The zero-order valence-corrected chi connectivity index (χ0v) is 22.3. The van der Waals surface area contributed by atoms with E-state index in [0.29, 0.717) is 43.0 Å². The first-order valence-corrected chi connectivity index (χ1v) is 12.8. The molecule has 2 aromatic heterocycles. The summed E-state index contributed by atoms with van der Waals surface area (Å²) in [7, 11) is 0. The standard InChI is InChI=1S/C24H36BrN5O4/c1-23(2,3)34-22(31)29(14-15-8-10-33-11-9-15)19-12-18(28-21-17(25)13-26-30(19)21)27-20(16-6-7-16)24(4,5)32/h12-13,15-16,20,32H,6-11,14H2,1-5H3,(H,27,28). The van der Waals surface area contributed by atoms with Crippen molar-refractivity contribution in [3.8, 4) is 0 Å². The molecule has 3 heterocycles. The van der Waals surface area contributed by atoms with Gasteiger partial charge in [-0.05, 0) is 88.1 Å². The van der Waals surface area contributed by atoms with Crippen LogP contribution in [0.4, 0.5) is 16.4 Å². The van der Waals surface area contributed by atoms with Gasteiger partial charge in [0.1, 0.15) is 17.2 Å². The van der Waals surface area contributed by atoms with E-state index in [0.717, 1.165) is 30.2 Å². The number of rotatable bonds is 7. The number of anilines is 2. The van der Waals surface area contributed by atoms with Crippen LogP contribution in [0.25, 0.3) is 5.65 Å². The van der Waals surface area contributed by atoms with Crippen molar-refractivity contribution in [3.63, 3.8) is 0 Å². The number of amides is 1. The van der Waals surface area contributed by atoms with Gasteiger partial charge in [-0.3, -0.25) is 4.90 Å². The van der Waals surface area contributed by atoms with Crippen molar-refractivity contribution in [3.05, 3.63) is 16.7 Å².